The van der Waals surface area contributed by atoms with Crippen LogP contribution in [-0.2, 0) is 0 Å². The normalized spacial score (nSPS) is 10.7. The third-order valence-electron chi connectivity index (χ3n) is 4.41. The van der Waals surface area contributed by atoms with E-state index in [4.69, 9.17) is 11.5 Å². The van der Waals surface area contributed by atoms with E-state index in [0.29, 0.717) is 43.9 Å². The van der Waals surface area contributed by atoms with Crippen molar-refractivity contribution < 1.29 is 0 Å². The lowest BCUT2D eigenvalue weighted by atomic mass is 10.4. The van der Waals surface area contributed by atoms with Crippen molar-refractivity contribution in [2.45, 2.75) is 0 Å². The Morgan fingerprint density at radius 1 is 0.694 bits per heavy atom. The van der Waals surface area contributed by atoms with Crippen molar-refractivity contribution in [1.29, 1.82) is 0 Å². The highest BCUT2D eigenvalue weighted by Crippen LogP contribution is 2.32. The van der Waals surface area contributed by atoms with E-state index >= 15 is 0 Å². The van der Waals surface area contributed by atoms with Gasteiger partial charge in [0.1, 0.15) is 26.8 Å². The molecule has 6 heterocycles. The van der Waals surface area contributed by atoms with Crippen molar-refractivity contribution in [2.75, 3.05) is 11.5 Å². The van der Waals surface area contributed by atoms with E-state index in [-0.39, 0.29) is 0 Å². The topological polar surface area (TPSA) is 165 Å². The molecular weight excluding hydrogens is 632 g/mol. The summed E-state index contributed by atoms with van der Waals surface area (Å²) in [6.45, 7) is 0. The number of rotatable bonds is 4. The average Bonchev–Trinajstić information content (AvgIpc) is 3.71. The summed E-state index contributed by atoms with van der Waals surface area (Å²) in [5.74, 6) is 2.24. The third-order valence-corrected chi connectivity index (χ3v) is 7.51. The van der Waals surface area contributed by atoms with Gasteiger partial charge in [-0.15, -0.1) is 22.7 Å². The molecular formula is C20H14Br2N12S2. The van der Waals surface area contributed by atoms with E-state index in [0.717, 1.165) is 10.0 Å². The third kappa shape index (κ3) is 5.01. The first-order chi connectivity index (χ1) is 17.5. The van der Waals surface area contributed by atoms with Gasteiger partial charge in [0.15, 0.2) is 16.6 Å². The van der Waals surface area contributed by atoms with Crippen molar-refractivity contribution in [2.24, 2.45) is 0 Å². The molecule has 0 aliphatic rings. The highest BCUT2D eigenvalue weighted by atomic mass is 79.9. The summed E-state index contributed by atoms with van der Waals surface area (Å²) in [4.78, 5) is 25.6. The predicted molar refractivity (Wildman–Crippen MR) is 145 cm³/mol. The largest absolute Gasteiger partial charge is 0.383 e. The maximum Gasteiger partial charge on any atom is 0.253 e. The van der Waals surface area contributed by atoms with E-state index in [1.165, 1.54) is 22.7 Å². The molecule has 4 N–H and O–H groups in total. The summed E-state index contributed by atoms with van der Waals surface area (Å²) in [6, 6.07) is 3.61. The molecule has 0 radical (unpaired) electrons. The fourth-order valence-corrected chi connectivity index (χ4v) is 4.91. The number of anilines is 2. The predicted octanol–water partition coefficient (Wildman–Crippen LogP) is 4.26. The highest BCUT2D eigenvalue weighted by molar-refractivity contribution is 9.11. The van der Waals surface area contributed by atoms with E-state index in [1.807, 2.05) is 16.8 Å². The Morgan fingerprint density at radius 3 is 1.94 bits per heavy atom. The van der Waals surface area contributed by atoms with Crippen molar-refractivity contribution in [3.05, 3.63) is 69.0 Å². The lowest BCUT2D eigenvalue weighted by Gasteiger charge is -2.07. The van der Waals surface area contributed by atoms with E-state index in [1.54, 1.807) is 52.6 Å². The van der Waals surface area contributed by atoms with Crippen LogP contribution in [0, 0.1) is 0 Å². The minimum atomic E-state index is 0.362. The molecule has 6 aromatic heterocycles. The fraction of sp³-hybridized carbons (Fsp3) is 0. The van der Waals surface area contributed by atoms with E-state index in [2.05, 4.69) is 72.0 Å². The molecule has 12 nitrogen and oxygen atoms in total. The summed E-state index contributed by atoms with van der Waals surface area (Å²) >= 11 is 9.71. The van der Waals surface area contributed by atoms with Gasteiger partial charge >= 0.3 is 0 Å². The number of aromatic nitrogens is 10. The van der Waals surface area contributed by atoms with Gasteiger partial charge in [0, 0.05) is 47.9 Å². The summed E-state index contributed by atoms with van der Waals surface area (Å²) in [5.41, 5.74) is 12.4. The molecule has 0 amide bonds. The second-order valence-corrected chi connectivity index (χ2v) is 10.1. The zero-order chi connectivity index (χ0) is 25.1. The molecule has 0 bridgehead atoms. The first-order valence-corrected chi connectivity index (χ1v) is 13.3. The molecule has 0 saturated heterocycles. The van der Waals surface area contributed by atoms with E-state index in [9.17, 15) is 0 Å². The lowest BCUT2D eigenvalue weighted by Crippen LogP contribution is -2.06. The molecule has 16 heteroatoms. The molecule has 36 heavy (non-hydrogen) atoms. The second-order valence-electron chi connectivity index (χ2n) is 6.72. The van der Waals surface area contributed by atoms with Crippen LogP contribution in [0.3, 0.4) is 0 Å². The standard InChI is InChI=1S/2C10H7BrN6S/c11-6-7(12)15-8(10-13-3-5-18-10)16-9(6)17-4-1-2-14-17;11-6-7(9-13-3-5-18-9)15-10(16-8(6)12)17-4-1-2-14-17/h2*1-5H,(H2,12,15,16). The van der Waals surface area contributed by atoms with Gasteiger partial charge in [-0.3, -0.25) is 0 Å². The van der Waals surface area contributed by atoms with Crippen molar-refractivity contribution in [3.8, 4) is 33.3 Å². The Labute approximate surface area is 228 Å². The van der Waals surface area contributed by atoms with Gasteiger partial charge < -0.3 is 11.5 Å². The molecule has 180 valence electrons. The molecule has 0 spiro atoms. The molecule has 0 aliphatic heterocycles. The summed E-state index contributed by atoms with van der Waals surface area (Å²) in [6.07, 6.45) is 10.3. The van der Waals surface area contributed by atoms with Crippen LogP contribution in [0.25, 0.3) is 33.3 Å². The summed E-state index contributed by atoms with van der Waals surface area (Å²) in [5, 5.41) is 13.5. The summed E-state index contributed by atoms with van der Waals surface area (Å²) < 4.78 is 4.44. The number of hydrogen-bond donors (Lipinski definition) is 2. The van der Waals surface area contributed by atoms with Crippen LogP contribution in [0.2, 0.25) is 0 Å². The Morgan fingerprint density at radius 2 is 1.33 bits per heavy atom. The molecule has 0 aromatic carbocycles. The van der Waals surface area contributed by atoms with Gasteiger partial charge in [0.05, 0.1) is 4.47 Å². The second kappa shape index (κ2) is 10.6. The smallest absolute Gasteiger partial charge is 0.253 e. The van der Waals surface area contributed by atoms with Gasteiger partial charge in [-0.05, 0) is 44.0 Å². The highest BCUT2D eigenvalue weighted by Gasteiger charge is 2.16. The Kier molecular flexibility index (Phi) is 7.08. The minimum absolute atomic E-state index is 0.362. The van der Waals surface area contributed by atoms with Crippen LogP contribution in [0.4, 0.5) is 11.6 Å². The number of nitrogens with zero attached hydrogens (tertiary/aromatic N) is 10. The van der Waals surface area contributed by atoms with Crippen molar-refractivity contribution in [3.63, 3.8) is 0 Å². The molecule has 6 aromatic rings. The first kappa shape index (κ1) is 24.1. The Balaban J connectivity index is 0.000000148. The van der Waals surface area contributed by atoms with Gasteiger partial charge in [-0.1, -0.05) is 0 Å². The van der Waals surface area contributed by atoms with Crippen LogP contribution in [0.15, 0.2) is 69.0 Å². The zero-order valence-electron chi connectivity index (χ0n) is 18.0. The number of nitrogens with two attached hydrogens (primary N) is 2. The van der Waals surface area contributed by atoms with Crippen LogP contribution in [0.5, 0.6) is 0 Å². The maximum absolute atomic E-state index is 5.87. The average molecular weight is 646 g/mol. The Hall–Kier alpha value is -3.60. The summed E-state index contributed by atoms with van der Waals surface area (Å²) in [7, 11) is 0. The Bertz CT molecular complexity index is 1450. The molecule has 0 unspecified atom stereocenters. The van der Waals surface area contributed by atoms with Gasteiger partial charge in [0.2, 0.25) is 0 Å². The zero-order valence-corrected chi connectivity index (χ0v) is 22.8. The number of halogens is 2. The van der Waals surface area contributed by atoms with Crippen LogP contribution >= 0.6 is 54.5 Å². The van der Waals surface area contributed by atoms with E-state index < -0.39 is 0 Å². The molecule has 0 saturated carbocycles. The molecule has 6 rings (SSSR count). The molecule has 0 aliphatic carbocycles. The molecule has 0 fully saturated rings. The monoisotopic (exact) mass is 644 g/mol. The van der Waals surface area contributed by atoms with Gasteiger partial charge in [-0.25, -0.2) is 34.3 Å². The van der Waals surface area contributed by atoms with Gasteiger partial charge in [-0.2, -0.15) is 15.2 Å². The van der Waals surface area contributed by atoms with Crippen LogP contribution in [0.1, 0.15) is 0 Å². The maximum atomic E-state index is 5.87. The number of nitrogen functional groups attached to an aromatic ring is 2. The SMILES string of the molecule is Nc1nc(-c2nccs2)nc(-n2cccn2)c1Br.Nc1nc(-n2cccn2)nc(-c2nccs2)c1Br. The first-order valence-electron chi connectivity index (χ1n) is 9.97. The number of hydrogen-bond acceptors (Lipinski definition) is 12. The van der Waals surface area contributed by atoms with Crippen LogP contribution < -0.4 is 11.5 Å². The fourth-order valence-electron chi connectivity index (χ4n) is 2.85. The molecule has 0 atom stereocenters. The lowest BCUT2D eigenvalue weighted by molar-refractivity contribution is 0.810. The quantitative estimate of drug-likeness (QED) is 0.283. The minimum Gasteiger partial charge on any atom is -0.383 e. The van der Waals surface area contributed by atoms with Crippen molar-refractivity contribution >= 4 is 66.2 Å². The van der Waals surface area contributed by atoms with Crippen molar-refractivity contribution in [1.82, 2.24) is 49.5 Å². The number of thiazole rings is 2. The van der Waals surface area contributed by atoms with Gasteiger partial charge in [0.25, 0.3) is 5.95 Å². The van der Waals surface area contributed by atoms with Crippen LogP contribution in [-0.4, -0.2) is 49.5 Å².